The summed E-state index contributed by atoms with van der Waals surface area (Å²) in [4.78, 5) is 16.3. The van der Waals surface area contributed by atoms with E-state index in [1.165, 1.54) is 0 Å². The minimum Gasteiger partial charge on any atom is -0.368 e. The number of rotatable bonds is 6. The van der Waals surface area contributed by atoms with E-state index in [2.05, 4.69) is 24.1 Å². The summed E-state index contributed by atoms with van der Waals surface area (Å²) in [5, 5.41) is 4.21. The first kappa shape index (κ1) is 13.1. The Balaban J connectivity index is 2.43. The van der Waals surface area contributed by atoms with Crippen molar-refractivity contribution in [2.24, 2.45) is 11.7 Å². The number of hydrogen-bond donors (Lipinski definition) is 2. The standard InChI is InChI=1S/C11H19N3OS/c1-7(2)4-10-14-6-9(16-10)5-13-8(3)11(12)15/h6-8,13H,4-5H2,1-3H3,(H2,12,15)/t8-/m0/s1. The molecule has 1 atom stereocenters. The number of amides is 1. The largest absolute Gasteiger partial charge is 0.368 e. The second kappa shape index (κ2) is 5.96. The van der Waals surface area contributed by atoms with Gasteiger partial charge in [-0.25, -0.2) is 4.98 Å². The van der Waals surface area contributed by atoms with E-state index in [9.17, 15) is 4.79 Å². The molecule has 1 aromatic heterocycles. The Hall–Kier alpha value is -0.940. The molecule has 0 aromatic carbocycles. The first-order valence-electron chi connectivity index (χ1n) is 5.45. The van der Waals surface area contributed by atoms with E-state index in [0.717, 1.165) is 16.3 Å². The monoisotopic (exact) mass is 241 g/mol. The summed E-state index contributed by atoms with van der Waals surface area (Å²) in [6, 6.07) is -0.296. The summed E-state index contributed by atoms with van der Waals surface area (Å²) >= 11 is 1.69. The normalized spacial score (nSPS) is 13.0. The van der Waals surface area contributed by atoms with Crippen LogP contribution in [0.5, 0.6) is 0 Å². The molecule has 0 spiro atoms. The Morgan fingerprint density at radius 1 is 1.56 bits per heavy atom. The molecule has 5 heteroatoms. The maximum atomic E-state index is 10.8. The summed E-state index contributed by atoms with van der Waals surface area (Å²) in [6.45, 7) is 6.77. The van der Waals surface area contributed by atoms with Gasteiger partial charge in [-0.05, 0) is 12.8 Å². The molecule has 3 N–H and O–H groups in total. The van der Waals surface area contributed by atoms with Crippen molar-refractivity contribution >= 4 is 17.2 Å². The SMILES string of the molecule is CC(C)Cc1ncc(CN[C@@H](C)C(N)=O)s1. The molecule has 0 aliphatic carbocycles. The maximum absolute atomic E-state index is 10.8. The number of carbonyl (C=O) groups excluding carboxylic acids is 1. The lowest BCUT2D eigenvalue weighted by atomic mass is 10.1. The van der Waals surface area contributed by atoms with Gasteiger partial charge in [-0.1, -0.05) is 13.8 Å². The van der Waals surface area contributed by atoms with Gasteiger partial charge in [0.25, 0.3) is 0 Å². The second-order valence-corrected chi connectivity index (χ2v) is 5.52. The van der Waals surface area contributed by atoms with Gasteiger partial charge < -0.3 is 11.1 Å². The Morgan fingerprint density at radius 2 is 2.25 bits per heavy atom. The lowest BCUT2D eigenvalue weighted by molar-refractivity contribution is -0.119. The first-order valence-corrected chi connectivity index (χ1v) is 6.27. The Labute approximate surface area is 100 Å². The highest BCUT2D eigenvalue weighted by Crippen LogP contribution is 2.16. The van der Waals surface area contributed by atoms with Crippen LogP contribution < -0.4 is 11.1 Å². The van der Waals surface area contributed by atoms with Crippen molar-refractivity contribution in [3.63, 3.8) is 0 Å². The number of nitrogens with zero attached hydrogens (tertiary/aromatic N) is 1. The molecule has 1 amide bonds. The van der Waals surface area contributed by atoms with Gasteiger partial charge in [0.15, 0.2) is 0 Å². The van der Waals surface area contributed by atoms with Crippen molar-refractivity contribution in [1.29, 1.82) is 0 Å². The topological polar surface area (TPSA) is 68.0 Å². The van der Waals surface area contributed by atoms with E-state index in [1.807, 2.05) is 6.20 Å². The third-order valence-corrected chi connectivity index (χ3v) is 3.21. The molecular formula is C11H19N3OS. The highest BCUT2D eigenvalue weighted by Gasteiger charge is 2.09. The molecule has 90 valence electrons. The third kappa shape index (κ3) is 4.28. The van der Waals surface area contributed by atoms with Crippen LogP contribution in [-0.2, 0) is 17.8 Å². The van der Waals surface area contributed by atoms with Crippen molar-refractivity contribution in [3.8, 4) is 0 Å². The van der Waals surface area contributed by atoms with Crippen LogP contribution in [-0.4, -0.2) is 16.9 Å². The highest BCUT2D eigenvalue weighted by molar-refractivity contribution is 7.11. The molecule has 1 rings (SSSR count). The number of nitrogens with one attached hydrogen (secondary N) is 1. The van der Waals surface area contributed by atoms with Gasteiger partial charge >= 0.3 is 0 Å². The second-order valence-electron chi connectivity index (χ2n) is 4.32. The molecule has 0 saturated carbocycles. The van der Waals surface area contributed by atoms with E-state index in [1.54, 1.807) is 18.3 Å². The molecule has 1 heterocycles. The zero-order valence-corrected chi connectivity index (χ0v) is 10.8. The minimum atomic E-state index is -0.327. The van der Waals surface area contributed by atoms with E-state index in [4.69, 9.17) is 5.73 Å². The van der Waals surface area contributed by atoms with Crippen molar-refractivity contribution in [3.05, 3.63) is 16.1 Å². The van der Waals surface area contributed by atoms with Gasteiger partial charge in [-0.3, -0.25) is 4.79 Å². The molecule has 16 heavy (non-hydrogen) atoms. The van der Waals surface area contributed by atoms with Gasteiger partial charge in [-0.15, -0.1) is 11.3 Å². The number of aromatic nitrogens is 1. The number of nitrogens with two attached hydrogens (primary N) is 1. The van der Waals surface area contributed by atoms with Crippen LogP contribution in [0.1, 0.15) is 30.7 Å². The van der Waals surface area contributed by atoms with Crippen LogP contribution in [0.2, 0.25) is 0 Å². The molecule has 1 aromatic rings. The third-order valence-electron chi connectivity index (χ3n) is 2.19. The van der Waals surface area contributed by atoms with Crippen LogP contribution in [0.25, 0.3) is 0 Å². The average molecular weight is 241 g/mol. The molecule has 0 aliphatic heterocycles. The van der Waals surface area contributed by atoms with E-state index >= 15 is 0 Å². The van der Waals surface area contributed by atoms with Gasteiger partial charge in [0, 0.05) is 24.0 Å². The molecular weight excluding hydrogens is 222 g/mol. The van der Waals surface area contributed by atoms with Crippen LogP contribution in [0.4, 0.5) is 0 Å². The van der Waals surface area contributed by atoms with Gasteiger partial charge in [0.2, 0.25) is 5.91 Å². The number of primary amides is 1. The Kier molecular flexibility index (Phi) is 4.89. The molecule has 0 unspecified atom stereocenters. The minimum absolute atomic E-state index is 0.296. The quantitative estimate of drug-likeness (QED) is 0.789. The molecule has 0 bridgehead atoms. The summed E-state index contributed by atoms with van der Waals surface area (Å²) in [7, 11) is 0. The first-order chi connectivity index (χ1) is 7.49. The molecule has 0 fully saturated rings. The Morgan fingerprint density at radius 3 is 2.81 bits per heavy atom. The van der Waals surface area contributed by atoms with E-state index in [0.29, 0.717) is 12.5 Å². The van der Waals surface area contributed by atoms with Crippen LogP contribution >= 0.6 is 11.3 Å². The highest BCUT2D eigenvalue weighted by atomic mass is 32.1. The predicted molar refractivity (Wildman–Crippen MR) is 66.2 cm³/mol. The van der Waals surface area contributed by atoms with Crippen molar-refractivity contribution in [2.45, 2.75) is 39.8 Å². The van der Waals surface area contributed by atoms with E-state index < -0.39 is 0 Å². The fourth-order valence-corrected chi connectivity index (χ4v) is 2.31. The number of carbonyl (C=O) groups is 1. The number of hydrogen-bond acceptors (Lipinski definition) is 4. The van der Waals surface area contributed by atoms with Crippen LogP contribution in [0.3, 0.4) is 0 Å². The zero-order chi connectivity index (χ0) is 12.1. The van der Waals surface area contributed by atoms with Crippen molar-refractivity contribution in [2.75, 3.05) is 0 Å². The smallest absolute Gasteiger partial charge is 0.234 e. The fraction of sp³-hybridized carbons (Fsp3) is 0.636. The van der Waals surface area contributed by atoms with E-state index in [-0.39, 0.29) is 11.9 Å². The summed E-state index contributed by atoms with van der Waals surface area (Å²) in [6.07, 6.45) is 2.87. The maximum Gasteiger partial charge on any atom is 0.234 e. The van der Waals surface area contributed by atoms with Crippen LogP contribution in [0.15, 0.2) is 6.20 Å². The number of thiazole rings is 1. The van der Waals surface area contributed by atoms with Crippen LogP contribution in [0, 0.1) is 5.92 Å². The molecule has 0 radical (unpaired) electrons. The van der Waals surface area contributed by atoms with Crippen molar-refractivity contribution < 1.29 is 4.79 Å². The fourth-order valence-electron chi connectivity index (χ4n) is 1.23. The average Bonchev–Trinajstić information content (AvgIpc) is 2.60. The zero-order valence-electron chi connectivity index (χ0n) is 9.99. The lowest BCUT2D eigenvalue weighted by Crippen LogP contribution is -2.38. The summed E-state index contributed by atoms with van der Waals surface area (Å²) in [5.74, 6) is 0.295. The molecule has 4 nitrogen and oxygen atoms in total. The lowest BCUT2D eigenvalue weighted by Gasteiger charge is -2.07. The Bertz CT molecular complexity index is 349. The van der Waals surface area contributed by atoms with Gasteiger partial charge in [0.05, 0.1) is 11.0 Å². The summed E-state index contributed by atoms with van der Waals surface area (Å²) in [5.41, 5.74) is 5.16. The van der Waals surface area contributed by atoms with Crippen molar-refractivity contribution in [1.82, 2.24) is 10.3 Å². The molecule has 0 saturated heterocycles. The predicted octanol–water partition coefficient (Wildman–Crippen LogP) is 1.30. The van der Waals surface area contributed by atoms with Gasteiger partial charge in [0.1, 0.15) is 0 Å². The summed E-state index contributed by atoms with van der Waals surface area (Å²) < 4.78 is 0. The van der Waals surface area contributed by atoms with Gasteiger partial charge in [-0.2, -0.15) is 0 Å². The molecule has 0 aliphatic rings.